The molecule has 166 valence electrons. The fourth-order valence-corrected chi connectivity index (χ4v) is 4.44. The molecule has 3 heterocycles. The summed E-state index contributed by atoms with van der Waals surface area (Å²) >= 11 is 0. The number of hydrogen-bond acceptors (Lipinski definition) is 5. The number of hydrogen-bond donors (Lipinski definition) is 1. The quantitative estimate of drug-likeness (QED) is 0.772. The van der Waals surface area contributed by atoms with Gasteiger partial charge in [0, 0.05) is 44.8 Å². The van der Waals surface area contributed by atoms with Crippen LogP contribution in [-0.4, -0.2) is 52.8 Å². The van der Waals surface area contributed by atoms with E-state index in [4.69, 9.17) is 0 Å². The molecule has 2 fully saturated rings. The van der Waals surface area contributed by atoms with Crippen molar-refractivity contribution in [1.29, 1.82) is 0 Å². The molecule has 2 aromatic rings. The third kappa shape index (κ3) is 5.94. The number of aromatic nitrogens is 2. The van der Waals surface area contributed by atoms with Gasteiger partial charge in [0.15, 0.2) is 0 Å². The molecule has 7 nitrogen and oxygen atoms in total. The minimum Gasteiger partial charge on any atom is -0.355 e. The van der Waals surface area contributed by atoms with Crippen molar-refractivity contribution >= 4 is 11.7 Å². The second-order valence-electron chi connectivity index (χ2n) is 8.96. The number of piperidine rings is 2. The Morgan fingerprint density at radius 3 is 2.42 bits per heavy atom. The molecule has 2 aliphatic heterocycles. The normalized spacial score (nSPS) is 18.8. The number of carbonyl (C=O) groups excluding carboxylic acids is 1. The van der Waals surface area contributed by atoms with Crippen LogP contribution in [0.15, 0.2) is 47.3 Å². The first-order valence-electron chi connectivity index (χ1n) is 11.5. The highest BCUT2D eigenvalue weighted by Gasteiger charge is 2.22. The zero-order valence-corrected chi connectivity index (χ0v) is 18.4. The van der Waals surface area contributed by atoms with Crippen LogP contribution in [0.5, 0.6) is 0 Å². The van der Waals surface area contributed by atoms with E-state index in [9.17, 15) is 9.59 Å². The van der Waals surface area contributed by atoms with E-state index in [1.807, 2.05) is 6.07 Å². The summed E-state index contributed by atoms with van der Waals surface area (Å²) in [4.78, 5) is 29.5. The molecule has 0 bridgehead atoms. The maximum absolute atomic E-state index is 12.6. The van der Waals surface area contributed by atoms with E-state index in [2.05, 4.69) is 51.4 Å². The molecule has 1 aromatic heterocycles. The van der Waals surface area contributed by atoms with E-state index in [0.717, 1.165) is 70.1 Å². The zero-order chi connectivity index (χ0) is 21.6. The first kappa shape index (κ1) is 21.6. The Balaban J connectivity index is 1.27. The fraction of sp³-hybridized carbons (Fsp3) is 0.542. The smallest absolute Gasteiger partial charge is 0.267 e. The van der Waals surface area contributed by atoms with Crippen LogP contribution in [0, 0.1) is 5.92 Å². The number of anilines is 1. The van der Waals surface area contributed by atoms with Crippen molar-refractivity contribution in [3.05, 3.63) is 58.4 Å². The minimum atomic E-state index is -0.234. The van der Waals surface area contributed by atoms with Gasteiger partial charge in [-0.3, -0.25) is 14.5 Å². The van der Waals surface area contributed by atoms with Gasteiger partial charge in [-0.2, -0.15) is 5.10 Å². The van der Waals surface area contributed by atoms with E-state index in [1.165, 1.54) is 16.3 Å². The van der Waals surface area contributed by atoms with Gasteiger partial charge in [0.05, 0.1) is 0 Å². The van der Waals surface area contributed by atoms with Crippen molar-refractivity contribution in [3.63, 3.8) is 0 Å². The Bertz CT molecular complexity index is 913. The molecule has 0 aliphatic carbocycles. The topological polar surface area (TPSA) is 70.5 Å². The summed E-state index contributed by atoms with van der Waals surface area (Å²) in [7, 11) is 0. The number of nitrogens with zero attached hydrogens (tertiary/aromatic N) is 4. The Hall–Kier alpha value is -2.67. The lowest BCUT2D eigenvalue weighted by Gasteiger charge is -2.32. The maximum atomic E-state index is 12.6. The second-order valence-corrected chi connectivity index (χ2v) is 8.96. The predicted molar refractivity (Wildman–Crippen MR) is 122 cm³/mol. The van der Waals surface area contributed by atoms with E-state index < -0.39 is 0 Å². The van der Waals surface area contributed by atoms with Crippen molar-refractivity contribution in [1.82, 2.24) is 20.0 Å². The summed E-state index contributed by atoms with van der Waals surface area (Å²) in [5, 5.41) is 7.58. The lowest BCUT2D eigenvalue weighted by atomic mass is 9.99. The van der Waals surface area contributed by atoms with Gasteiger partial charge in [0.2, 0.25) is 5.91 Å². The molecule has 0 atom stereocenters. The van der Waals surface area contributed by atoms with Crippen LogP contribution in [0.2, 0.25) is 0 Å². The standard InChI is InChI=1S/C24H33N5O2/c1-19-9-15-28(16-10-19)22-7-8-24(31)29(26-22)18-23(30)25-21-11-13-27(14-12-21)17-20-5-3-2-4-6-20/h2-8,19,21H,9-18H2,1H3,(H,25,30). The molecule has 2 aliphatic rings. The Labute approximate surface area is 184 Å². The van der Waals surface area contributed by atoms with E-state index >= 15 is 0 Å². The van der Waals surface area contributed by atoms with Crippen molar-refractivity contribution in [2.45, 2.75) is 51.7 Å². The first-order valence-corrected chi connectivity index (χ1v) is 11.5. The summed E-state index contributed by atoms with van der Waals surface area (Å²) in [5.74, 6) is 1.38. The molecule has 7 heteroatoms. The molecule has 4 rings (SSSR count). The molecular weight excluding hydrogens is 390 g/mol. The van der Waals surface area contributed by atoms with Gasteiger partial charge in [-0.25, -0.2) is 4.68 Å². The number of rotatable bonds is 6. The van der Waals surface area contributed by atoms with Crippen molar-refractivity contribution in [2.75, 3.05) is 31.1 Å². The van der Waals surface area contributed by atoms with Gasteiger partial charge >= 0.3 is 0 Å². The van der Waals surface area contributed by atoms with E-state index in [1.54, 1.807) is 6.07 Å². The van der Waals surface area contributed by atoms with Gasteiger partial charge in [-0.1, -0.05) is 37.3 Å². The van der Waals surface area contributed by atoms with Gasteiger partial charge in [-0.05, 0) is 43.2 Å². The van der Waals surface area contributed by atoms with Gasteiger partial charge in [-0.15, -0.1) is 0 Å². The summed E-state index contributed by atoms with van der Waals surface area (Å²) < 4.78 is 1.30. The summed E-state index contributed by atoms with van der Waals surface area (Å²) in [5.41, 5.74) is 1.08. The molecule has 0 spiro atoms. The fourth-order valence-electron chi connectivity index (χ4n) is 4.44. The molecule has 0 saturated carbocycles. The largest absolute Gasteiger partial charge is 0.355 e. The number of likely N-dealkylation sites (tertiary alicyclic amines) is 1. The van der Waals surface area contributed by atoms with Crippen LogP contribution in [0.1, 0.15) is 38.2 Å². The SMILES string of the molecule is CC1CCN(c2ccc(=O)n(CC(=O)NC3CCN(Cc4ccccc4)CC3)n2)CC1. The van der Waals surface area contributed by atoms with Crippen LogP contribution in [0.25, 0.3) is 0 Å². The maximum Gasteiger partial charge on any atom is 0.267 e. The average molecular weight is 424 g/mol. The van der Waals surface area contributed by atoms with E-state index in [-0.39, 0.29) is 24.1 Å². The zero-order valence-electron chi connectivity index (χ0n) is 18.4. The van der Waals surface area contributed by atoms with Crippen molar-refractivity contribution in [3.8, 4) is 0 Å². The number of nitrogens with one attached hydrogen (secondary N) is 1. The number of carbonyl (C=O) groups is 1. The molecule has 31 heavy (non-hydrogen) atoms. The van der Waals surface area contributed by atoms with Crippen LogP contribution < -0.4 is 15.8 Å². The second kappa shape index (κ2) is 10.1. The number of benzene rings is 1. The van der Waals surface area contributed by atoms with Crippen molar-refractivity contribution < 1.29 is 4.79 Å². The van der Waals surface area contributed by atoms with Crippen LogP contribution >= 0.6 is 0 Å². The minimum absolute atomic E-state index is 0.0266. The van der Waals surface area contributed by atoms with E-state index in [0.29, 0.717) is 0 Å². The highest BCUT2D eigenvalue weighted by molar-refractivity contribution is 5.76. The predicted octanol–water partition coefficient (Wildman–Crippen LogP) is 2.26. The highest BCUT2D eigenvalue weighted by Crippen LogP contribution is 2.20. The lowest BCUT2D eigenvalue weighted by molar-refractivity contribution is -0.122. The van der Waals surface area contributed by atoms with Gasteiger partial charge < -0.3 is 10.2 Å². The Morgan fingerprint density at radius 1 is 1.00 bits per heavy atom. The molecule has 0 unspecified atom stereocenters. The van der Waals surface area contributed by atoms with Crippen molar-refractivity contribution in [2.24, 2.45) is 5.92 Å². The molecule has 1 aromatic carbocycles. The molecule has 1 amide bonds. The highest BCUT2D eigenvalue weighted by atomic mass is 16.2. The molecular formula is C24H33N5O2. The van der Waals surface area contributed by atoms with Crippen LogP contribution in [0.3, 0.4) is 0 Å². The molecule has 0 radical (unpaired) electrons. The lowest BCUT2D eigenvalue weighted by Crippen LogP contribution is -2.46. The third-order valence-electron chi connectivity index (χ3n) is 6.46. The average Bonchev–Trinajstić information content (AvgIpc) is 2.78. The summed E-state index contributed by atoms with van der Waals surface area (Å²) in [6.45, 7) is 6.99. The molecule has 1 N–H and O–H groups in total. The van der Waals surface area contributed by atoms with Gasteiger partial charge in [0.25, 0.3) is 5.56 Å². The van der Waals surface area contributed by atoms with Crippen LogP contribution in [-0.2, 0) is 17.9 Å². The Morgan fingerprint density at radius 2 is 1.71 bits per heavy atom. The Kier molecular flexibility index (Phi) is 7.02. The molecule has 2 saturated heterocycles. The van der Waals surface area contributed by atoms with Gasteiger partial charge in [0.1, 0.15) is 12.4 Å². The van der Waals surface area contributed by atoms with Crippen LogP contribution in [0.4, 0.5) is 5.82 Å². The number of amides is 1. The monoisotopic (exact) mass is 423 g/mol. The summed E-state index contributed by atoms with van der Waals surface area (Å²) in [6, 6.07) is 13.9. The summed E-state index contributed by atoms with van der Waals surface area (Å²) in [6.07, 6.45) is 4.11. The first-order chi connectivity index (χ1) is 15.1. The third-order valence-corrected chi connectivity index (χ3v) is 6.46.